The minimum atomic E-state index is -0.233. The molecule has 1 heterocycles. The zero-order valence-corrected chi connectivity index (χ0v) is 10.2. The molecule has 0 saturated heterocycles. The normalized spacial score (nSPS) is 19.9. The molecular weight excluding hydrogens is 217 g/mol. The Hall–Kier alpha value is -1.58. The van der Waals surface area contributed by atoms with Crippen LogP contribution in [-0.2, 0) is 0 Å². The first-order chi connectivity index (χ1) is 8.08. The maximum Gasteiger partial charge on any atom is 0.196 e. The molecule has 0 amide bonds. The van der Waals surface area contributed by atoms with E-state index in [-0.39, 0.29) is 5.82 Å². The first-order valence-electron chi connectivity index (χ1n) is 5.92. The number of hydrogen-bond acceptors (Lipinski definition) is 3. The number of nitrogens with zero attached hydrogens (tertiary/aromatic N) is 2. The van der Waals surface area contributed by atoms with Gasteiger partial charge in [0, 0.05) is 5.69 Å². The lowest BCUT2D eigenvalue weighted by Crippen LogP contribution is -2.41. The van der Waals surface area contributed by atoms with Gasteiger partial charge in [-0.25, -0.2) is 4.39 Å². The molecule has 1 aliphatic rings. The van der Waals surface area contributed by atoms with Crippen molar-refractivity contribution in [3.8, 4) is 0 Å². The highest BCUT2D eigenvalue weighted by molar-refractivity contribution is 5.97. The Morgan fingerprint density at radius 3 is 2.65 bits per heavy atom. The van der Waals surface area contributed by atoms with Gasteiger partial charge in [0.05, 0.1) is 12.6 Å². The van der Waals surface area contributed by atoms with Crippen LogP contribution < -0.4 is 10.6 Å². The molecule has 2 rings (SSSR count). The number of hydrogen-bond donors (Lipinski definition) is 1. The van der Waals surface area contributed by atoms with Gasteiger partial charge < -0.3 is 10.6 Å². The number of nitrogens with two attached hydrogens (primary N) is 1. The second-order valence-corrected chi connectivity index (χ2v) is 4.83. The van der Waals surface area contributed by atoms with Gasteiger partial charge in [-0.05, 0) is 36.6 Å². The predicted molar refractivity (Wildman–Crippen MR) is 68.6 cm³/mol. The van der Waals surface area contributed by atoms with Crippen LogP contribution in [0.15, 0.2) is 29.3 Å². The Labute approximate surface area is 101 Å². The van der Waals surface area contributed by atoms with Crippen LogP contribution in [0.3, 0.4) is 0 Å². The monoisotopic (exact) mass is 235 g/mol. The fraction of sp³-hybridized carbons (Fsp3) is 0.462. The van der Waals surface area contributed by atoms with Gasteiger partial charge in [0.2, 0.25) is 0 Å². The van der Waals surface area contributed by atoms with Crippen LogP contribution in [0.4, 0.5) is 10.1 Å². The van der Waals surface area contributed by atoms with E-state index in [1.165, 1.54) is 12.1 Å². The molecule has 0 aromatic heterocycles. The zero-order valence-electron chi connectivity index (χ0n) is 10.2. The highest BCUT2D eigenvalue weighted by Gasteiger charge is 2.27. The van der Waals surface area contributed by atoms with E-state index in [0.717, 1.165) is 18.7 Å². The standard InChI is InChI=1S/C13H18FN3/c1-9(2)7-12-8-16-13(15)17(12)11-5-3-10(14)4-6-11/h3-6,9,12H,7-8H2,1-2H3,(H2,15,16). The lowest BCUT2D eigenvalue weighted by atomic mass is 10.0. The first kappa shape index (κ1) is 11.9. The van der Waals surface area contributed by atoms with Gasteiger partial charge in [0.15, 0.2) is 5.96 Å². The molecule has 0 spiro atoms. The average Bonchev–Trinajstić information content (AvgIpc) is 2.61. The Bertz CT molecular complexity index is 411. The Morgan fingerprint density at radius 1 is 1.41 bits per heavy atom. The molecule has 0 bridgehead atoms. The summed E-state index contributed by atoms with van der Waals surface area (Å²) in [7, 11) is 0. The summed E-state index contributed by atoms with van der Waals surface area (Å²) in [5, 5.41) is 0. The Kier molecular flexibility index (Phi) is 3.31. The molecule has 92 valence electrons. The molecule has 1 aromatic rings. The summed E-state index contributed by atoms with van der Waals surface area (Å²) in [6.45, 7) is 5.08. The molecule has 0 aliphatic carbocycles. The SMILES string of the molecule is CC(C)CC1CN=C(N)N1c1ccc(F)cc1. The third kappa shape index (κ3) is 2.57. The van der Waals surface area contributed by atoms with Crippen LogP contribution in [0.5, 0.6) is 0 Å². The number of guanidine groups is 1. The number of halogens is 1. The van der Waals surface area contributed by atoms with Gasteiger partial charge in [-0.1, -0.05) is 13.8 Å². The van der Waals surface area contributed by atoms with Crippen molar-refractivity contribution >= 4 is 11.6 Å². The molecule has 1 unspecified atom stereocenters. The summed E-state index contributed by atoms with van der Waals surface area (Å²) in [6.07, 6.45) is 1.03. The third-order valence-electron chi connectivity index (χ3n) is 2.92. The average molecular weight is 235 g/mol. The van der Waals surface area contributed by atoms with E-state index in [4.69, 9.17) is 5.73 Å². The molecule has 1 atom stereocenters. The van der Waals surface area contributed by atoms with E-state index in [2.05, 4.69) is 18.8 Å². The minimum Gasteiger partial charge on any atom is -0.370 e. The van der Waals surface area contributed by atoms with E-state index in [1.54, 1.807) is 12.1 Å². The fourth-order valence-electron chi connectivity index (χ4n) is 2.21. The number of benzene rings is 1. The summed E-state index contributed by atoms with van der Waals surface area (Å²) in [5.41, 5.74) is 6.81. The first-order valence-corrected chi connectivity index (χ1v) is 5.92. The van der Waals surface area contributed by atoms with Crippen LogP contribution in [0.2, 0.25) is 0 Å². The summed E-state index contributed by atoms with van der Waals surface area (Å²) in [4.78, 5) is 6.28. The number of rotatable bonds is 3. The van der Waals surface area contributed by atoms with E-state index >= 15 is 0 Å². The Morgan fingerprint density at radius 2 is 2.06 bits per heavy atom. The van der Waals surface area contributed by atoms with Gasteiger partial charge in [-0.3, -0.25) is 4.99 Å². The highest BCUT2D eigenvalue weighted by atomic mass is 19.1. The molecule has 1 aromatic carbocycles. The lowest BCUT2D eigenvalue weighted by molar-refractivity contribution is 0.512. The van der Waals surface area contributed by atoms with Crippen LogP contribution in [0.25, 0.3) is 0 Å². The molecule has 17 heavy (non-hydrogen) atoms. The fourth-order valence-corrected chi connectivity index (χ4v) is 2.21. The van der Waals surface area contributed by atoms with Crippen molar-refractivity contribution in [3.05, 3.63) is 30.1 Å². The minimum absolute atomic E-state index is 0.233. The second-order valence-electron chi connectivity index (χ2n) is 4.83. The highest BCUT2D eigenvalue weighted by Crippen LogP contribution is 2.24. The van der Waals surface area contributed by atoms with E-state index < -0.39 is 0 Å². The van der Waals surface area contributed by atoms with Crippen LogP contribution in [-0.4, -0.2) is 18.5 Å². The summed E-state index contributed by atoms with van der Waals surface area (Å²) >= 11 is 0. The summed E-state index contributed by atoms with van der Waals surface area (Å²) < 4.78 is 12.9. The van der Waals surface area contributed by atoms with E-state index in [1.807, 2.05) is 4.90 Å². The molecule has 4 heteroatoms. The van der Waals surface area contributed by atoms with Crippen LogP contribution >= 0.6 is 0 Å². The second kappa shape index (κ2) is 4.73. The molecule has 0 saturated carbocycles. The van der Waals surface area contributed by atoms with Crippen molar-refractivity contribution < 1.29 is 4.39 Å². The van der Waals surface area contributed by atoms with Crippen molar-refractivity contribution in [2.24, 2.45) is 16.6 Å². The zero-order chi connectivity index (χ0) is 12.4. The molecule has 3 nitrogen and oxygen atoms in total. The third-order valence-corrected chi connectivity index (χ3v) is 2.92. The molecule has 0 radical (unpaired) electrons. The predicted octanol–water partition coefficient (Wildman–Crippen LogP) is 2.38. The maximum absolute atomic E-state index is 12.9. The Balaban J connectivity index is 2.21. The summed E-state index contributed by atoms with van der Waals surface area (Å²) in [6, 6.07) is 6.69. The van der Waals surface area contributed by atoms with Crippen LogP contribution in [0.1, 0.15) is 20.3 Å². The smallest absolute Gasteiger partial charge is 0.196 e. The van der Waals surface area contributed by atoms with E-state index in [0.29, 0.717) is 17.9 Å². The van der Waals surface area contributed by atoms with E-state index in [9.17, 15) is 4.39 Å². The van der Waals surface area contributed by atoms with Crippen molar-refractivity contribution in [1.29, 1.82) is 0 Å². The van der Waals surface area contributed by atoms with Crippen LogP contribution in [0, 0.1) is 11.7 Å². The summed E-state index contributed by atoms with van der Waals surface area (Å²) in [5.74, 6) is 0.884. The quantitative estimate of drug-likeness (QED) is 0.874. The number of anilines is 1. The molecule has 2 N–H and O–H groups in total. The van der Waals surface area contributed by atoms with Crippen molar-refractivity contribution in [1.82, 2.24) is 0 Å². The van der Waals surface area contributed by atoms with Gasteiger partial charge in [0.25, 0.3) is 0 Å². The van der Waals surface area contributed by atoms with Crippen molar-refractivity contribution in [3.63, 3.8) is 0 Å². The lowest BCUT2D eigenvalue weighted by Gasteiger charge is -2.27. The number of aliphatic imine (C=N–C) groups is 1. The molecule has 1 aliphatic heterocycles. The molecule has 0 fully saturated rings. The maximum atomic E-state index is 12.9. The molecular formula is C13H18FN3. The van der Waals surface area contributed by atoms with Gasteiger partial charge >= 0.3 is 0 Å². The van der Waals surface area contributed by atoms with Gasteiger partial charge in [-0.2, -0.15) is 0 Å². The van der Waals surface area contributed by atoms with Gasteiger partial charge in [-0.15, -0.1) is 0 Å². The van der Waals surface area contributed by atoms with Crippen molar-refractivity contribution in [2.45, 2.75) is 26.3 Å². The largest absolute Gasteiger partial charge is 0.370 e. The van der Waals surface area contributed by atoms with Gasteiger partial charge in [0.1, 0.15) is 5.82 Å². The van der Waals surface area contributed by atoms with Crippen molar-refractivity contribution in [2.75, 3.05) is 11.4 Å². The topological polar surface area (TPSA) is 41.6 Å².